The lowest BCUT2D eigenvalue weighted by molar-refractivity contribution is -0.146. The van der Waals surface area contributed by atoms with Gasteiger partial charge in [-0.2, -0.15) is 0 Å². The predicted molar refractivity (Wildman–Crippen MR) is 162 cm³/mol. The lowest BCUT2D eigenvalue weighted by Gasteiger charge is -2.34. The maximum Gasteiger partial charge on any atom is 0.333 e. The zero-order chi connectivity index (χ0) is 31.5. The molecule has 1 aliphatic heterocycles. The molecule has 1 aromatic carbocycles. The third-order valence-corrected chi connectivity index (χ3v) is 10.3. The number of carboxylic acid groups (broad SMARTS) is 1. The van der Waals surface area contributed by atoms with Gasteiger partial charge >= 0.3 is 11.7 Å². The summed E-state index contributed by atoms with van der Waals surface area (Å²) in [6, 6.07) is 7.47. The number of hydrogen-bond donors (Lipinski definition) is 1. The van der Waals surface area contributed by atoms with Crippen LogP contribution in [0, 0.1) is 12.8 Å². The molecule has 44 heavy (non-hydrogen) atoms. The maximum absolute atomic E-state index is 14.3. The summed E-state index contributed by atoms with van der Waals surface area (Å²) in [6.45, 7) is 6.55. The number of carbonyl (C=O) groups excluding carboxylic acids is 1. The van der Waals surface area contributed by atoms with E-state index >= 15 is 0 Å². The molecule has 6 rings (SSSR count). The van der Waals surface area contributed by atoms with Crippen molar-refractivity contribution >= 4 is 33.4 Å². The molecule has 232 valence electrons. The van der Waals surface area contributed by atoms with E-state index in [4.69, 9.17) is 13.9 Å². The van der Waals surface area contributed by atoms with Gasteiger partial charge in [-0.25, -0.2) is 19.1 Å². The summed E-state index contributed by atoms with van der Waals surface area (Å²) in [7, 11) is 1.56. The molecule has 3 aromatic heterocycles. The third kappa shape index (κ3) is 4.74. The van der Waals surface area contributed by atoms with Crippen molar-refractivity contribution in [3.8, 4) is 16.5 Å². The standard InChI is InChI=1S/C31H34N4O8S/c1-16-24-27(37)35(31(3,4)29(38)39)30(40)34(28(24)44-25(16)26-32-10-11-42-26)15-23(20-8-6-7-9-21(20)41-5)43-22-13-19-12-18(22)14-33(19)17(2)36/h6-11,18-19,22-23H,12-15H2,1-5H3,(H,38,39). The third-order valence-electron chi connectivity index (χ3n) is 8.98. The SMILES string of the molecule is COc1ccccc1C(Cn1c(=O)n(C(C)(C)C(=O)O)c(=O)c2c(C)c(-c3ncco3)sc21)OC1CC2CC1CN2C(C)=O. The van der Waals surface area contributed by atoms with Crippen molar-refractivity contribution in [1.82, 2.24) is 19.0 Å². The molecule has 2 fully saturated rings. The second kappa shape index (κ2) is 11.0. The number of aryl methyl sites for hydroxylation is 1. The molecule has 1 aliphatic carbocycles. The number of hydrogen-bond acceptors (Lipinski definition) is 9. The van der Waals surface area contributed by atoms with Crippen LogP contribution in [0.5, 0.6) is 5.75 Å². The summed E-state index contributed by atoms with van der Waals surface area (Å²) in [5.74, 6) is -0.279. The highest BCUT2D eigenvalue weighted by Gasteiger charge is 2.47. The number of carbonyl (C=O) groups is 2. The Kier molecular flexibility index (Phi) is 7.49. The van der Waals surface area contributed by atoms with Crippen LogP contribution in [0.15, 0.2) is 50.7 Å². The number of fused-ring (bicyclic) bond motifs is 3. The van der Waals surface area contributed by atoms with E-state index in [1.54, 1.807) is 21.0 Å². The predicted octanol–water partition coefficient (Wildman–Crippen LogP) is 3.78. The summed E-state index contributed by atoms with van der Waals surface area (Å²) in [5.41, 5.74) is -2.07. The molecule has 4 unspecified atom stereocenters. The topological polar surface area (TPSA) is 146 Å². The molecule has 4 aromatic rings. The Morgan fingerprint density at radius 1 is 1.23 bits per heavy atom. The van der Waals surface area contributed by atoms with Gasteiger partial charge in [-0.1, -0.05) is 18.2 Å². The summed E-state index contributed by atoms with van der Waals surface area (Å²) < 4.78 is 20.3. The van der Waals surface area contributed by atoms with Crippen molar-refractivity contribution in [2.75, 3.05) is 13.7 Å². The number of ether oxygens (including phenoxy) is 2. The van der Waals surface area contributed by atoms with Gasteiger partial charge in [0.15, 0.2) is 0 Å². The van der Waals surface area contributed by atoms with Gasteiger partial charge in [0.2, 0.25) is 11.8 Å². The highest BCUT2D eigenvalue weighted by molar-refractivity contribution is 7.22. The Hall–Kier alpha value is -4.23. The normalized spacial score (nSPS) is 20.4. The quantitative estimate of drug-likeness (QED) is 0.295. The first-order valence-corrected chi connectivity index (χ1v) is 15.2. The first kappa shape index (κ1) is 29.8. The monoisotopic (exact) mass is 622 g/mol. The second-order valence-electron chi connectivity index (χ2n) is 11.9. The Labute approximate surface area is 256 Å². The van der Waals surface area contributed by atoms with Gasteiger partial charge in [0.25, 0.3) is 5.56 Å². The van der Waals surface area contributed by atoms with E-state index in [1.165, 1.54) is 42.2 Å². The van der Waals surface area contributed by atoms with Gasteiger partial charge < -0.3 is 23.9 Å². The average Bonchev–Trinajstić information content (AvgIpc) is 3.79. The highest BCUT2D eigenvalue weighted by Crippen LogP contribution is 2.43. The van der Waals surface area contributed by atoms with Gasteiger partial charge in [-0.3, -0.25) is 14.2 Å². The first-order chi connectivity index (χ1) is 20.9. The van der Waals surface area contributed by atoms with Crippen LogP contribution in [0.2, 0.25) is 0 Å². The highest BCUT2D eigenvalue weighted by atomic mass is 32.1. The fourth-order valence-corrected chi connectivity index (χ4v) is 7.86. The molecule has 0 spiro atoms. The van der Waals surface area contributed by atoms with Crippen molar-refractivity contribution in [3.63, 3.8) is 0 Å². The van der Waals surface area contributed by atoms with E-state index in [9.17, 15) is 24.3 Å². The van der Waals surface area contributed by atoms with E-state index in [1.807, 2.05) is 29.2 Å². The molecular weight excluding hydrogens is 588 g/mol. The number of carboxylic acids is 1. The number of nitrogens with zero attached hydrogens (tertiary/aromatic N) is 4. The summed E-state index contributed by atoms with van der Waals surface area (Å²) >= 11 is 1.18. The van der Waals surface area contributed by atoms with Gasteiger partial charge in [0.05, 0.1) is 36.2 Å². The van der Waals surface area contributed by atoms with Gasteiger partial charge in [0.1, 0.15) is 28.5 Å². The smallest absolute Gasteiger partial charge is 0.333 e. The first-order valence-electron chi connectivity index (χ1n) is 14.4. The van der Waals surface area contributed by atoms with Crippen LogP contribution < -0.4 is 16.0 Å². The van der Waals surface area contributed by atoms with E-state index in [0.717, 1.165) is 11.0 Å². The number of aliphatic carboxylic acids is 1. The van der Waals surface area contributed by atoms with E-state index in [-0.39, 0.29) is 35.9 Å². The number of benzene rings is 1. The number of amides is 1. The number of thiophene rings is 1. The number of oxazole rings is 1. The zero-order valence-corrected chi connectivity index (χ0v) is 25.9. The van der Waals surface area contributed by atoms with Crippen LogP contribution in [0.1, 0.15) is 50.8 Å². The number of piperidine rings is 1. The van der Waals surface area contributed by atoms with Crippen molar-refractivity contribution in [2.45, 2.75) is 70.9 Å². The fraction of sp³-hybridized carbons (Fsp3) is 0.452. The van der Waals surface area contributed by atoms with Crippen LogP contribution in [0.3, 0.4) is 0 Å². The Bertz CT molecular complexity index is 1870. The molecule has 1 N–H and O–H groups in total. The fourth-order valence-electron chi connectivity index (χ4n) is 6.62. The Morgan fingerprint density at radius 2 is 1.98 bits per heavy atom. The number of para-hydroxylation sites is 1. The minimum absolute atomic E-state index is 0.0268. The summed E-state index contributed by atoms with van der Waals surface area (Å²) in [5, 5.41) is 10.3. The van der Waals surface area contributed by atoms with E-state index in [0.29, 0.717) is 45.4 Å². The van der Waals surface area contributed by atoms with Crippen molar-refractivity contribution < 1.29 is 28.6 Å². The Morgan fingerprint density at radius 3 is 2.59 bits per heavy atom. The molecule has 4 heterocycles. The van der Waals surface area contributed by atoms with Crippen LogP contribution in [0.25, 0.3) is 21.0 Å². The van der Waals surface area contributed by atoms with E-state index in [2.05, 4.69) is 4.98 Å². The molecular formula is C31H34N4O8S. The Balaban J connectivity index is 1.53. The molecule has 1 saturated carbocycles. The van der Waals surface area contributed by atoms with Crippen LogP contribution >= 0.6 is 11.3 Å². The number of aromatic nitrogens is 3. The number of methoxy groups -OCH3 is 1. The molecule has 1 amide bonds. The summed E-state index contributed by atoms with van der Waals surface area (Å²) in [4.78, 5) is 59.7. The molecule has 13 heteroatoms. The molecule has 4 atom stereocenters. The number of likely N-dealkylation sites (tertiary alicyclic amines) is 1. The molecule has 2 bridgehead atoms. The zero-order valence-electron chi connectivity index (χ0n) is 25.1. The summed E-state index contributed by atoms with van der Waals surface area (Å²) in [6.07, 6.45) is 3.55. The molecule has 2 aliphatic rings. The largest absolute Gasteiger partial charge is 0.496 e. The minimum Gasteiger partial charge on any atom is -0.496 e. The maximum atomic E-state index is 14.3. The van der Waals surface area contributed by atoms with Crippen molar-refractivity contribution in [1.29, 1.82) is 0 Å². The number of rotatable bonds is 9. The second-order valence-corrected chi connectivity index (χ2v) is 12.9. The lowest BCUT2D eigenvalue weighted by Crippen LogP contribution is -2.52. The van der Waals surface area contributed by atoms with Crippen molar-refractivity contribution in [3.05, 3.63) is 68.7 Å². The van der Waals surface area contributed by atoms with Gasteiger partial charge in [-0.05, 0) is 45.2 Å². The van der Waals surface area contributed by atoms with Crippen LogP contribution in [-0.2, 0) is 26.4 Å². The van der Waals surface area contributed by atoms with Crippen LogP contribution in [-0.4, -0.2) is 61.8 Å². The van der Waals surface area contributed by atoms with Crippen LogP contribution in [0.4, 0.5) is 0 Å². The minimum atomic E-state index is -1.84. The molecule has 12 nitrogen and oxygen atoms in total. The lowest BCUT2D eigenvalue weighted by atomic mass is 10.0. The van der Waals surface area contributed by atoms with Gasteiger partial charge in [0, 0.05) is 31.0 Å². The average molecular weight is 623 g/mol. The molecule has 1 saturated heterocycles. The molecule has 0 radical (unpaired) electrons. The van der Waals surface area contributed by atoms with Gasteiger partial charge in [-0.15, -0.1) is 11.3 Å². The van der Waals surface area contributed by atoms with Crippen molar-refractivity contribution in [2.24, 2.45) is 5.92 Å². The van der Waals surface area contributed by atoms with E-state index < -0.39 is 28.9 Å².